The topological polar surface area (TPSA) is 115 Å². The van der Waals surface area contributed by atoms with Gasteiger partial charge < -0.3 is 29.6 Å². The number of fused-ring (bicyclic) bond motifs is 3. The van der Waals surface area contributed by atoms with Gasteiger partial charge in [-0.1, -0.05) is 11.6 Å². The third-order valence-electron chi connectivity index (χ3n) is 8.09. The van der Waals surface area contributed by atoms with Crippen LogP contribution in [0.4, 0.5) is 10.3 Å². The Balaban J connectivity index is 1.27. The average Bonchev–Trinajstić information content (AvgIpc) is 3.38. The van der Waals surface area contributed by atoms with Crippen molar-refractivity contribution in [2.75, 3.05) is 11.9 Å². The van der Waals surface area contributed by atoms with Crippen LogP contribution in [0.25, 0.3) is 22.3 Å². The van der Waals surface area contributed by atoms with E-state index in [9.17, 15) is 10.2 Å². The molecule has 11 heteroatoms. The van der Waals surface area contributed by atoms with Gasteiger partial charge in [-0.15, -0.1) is 0 Å². The van der Waals surface area contributed by atoms with E-state index in [1.54, 1.807) is 0 Å². The van der Waals surface area contributed by atoms with Gasteiger partial charge in [0, 0.05) is 23.4 Å². The summed E-state index contributed by atoms with van der Waals surface area (Å²) in [5, 5.41) is 24.3. The van der Waals surface area contributed by atoms with Gasteiger partial charge in [0.25, 0.3) is 0 Å². The minimum atomic E-state index is -0.769. The summed E-state index contributed by atoms with van der Waals surface area (Å²) in [6.45, 7) is 4.44. The van der Waals surface area contributed by atoms with E-state index in [0.29, 0.717) is 54.6 Å². The molecule has 4 bridgehead atoms. The van der Waals surface area contributed by atoms with Crippen LogP contribution in [-0.2, 0) is 14.9 Å². The second kappa shape index (κ2) is 7.58. The van der Waals surface area contributed by atoms with E-state index in [1.807, 2.05) is 19.9 Å². The number of imidazole rings is 1. The van der Waals surface area contributed by atoms with Gasteiger partial charge in [-0.3, -0.25) is 0 Å². The molecular formula is C25H27ClFN5O4. The van der Waals surface area contributed by atoms with Crippen molar-refractivity contribution in [1.29, 1.82) is 0 Å². The van der Waals surface area contributed by atoms with Crippen LogP contribution in [0.3, 0.4) is 0 Å². The largest absolute Gasteiger partial charge is 0.390 e. The van der Waals surface area contributed by atoms with Crippen molar-refractivity contribution in [3.63, 3.8) is 0 Å². The van der Waals surface area contributed by atoms with Crippen LogP contribution in [0.15, 0.2) is 18.3 Å². The highest BCUT2D eigenvalue weighted by Gasteiger charge is 2.70. The van der Waals surface area contributed by atoms with Crippen LogP contribution in [0.1, 0.15) is 51.4 Å². The summed E-state index contributed by atoms with van der Waals surface area (Å²) in [6, 6.07) is 2.96. The minimum Gasteiger partial charge on any atom is -0.390 e. The van der Waals surface area contributed by atoms with Gasteiger partial charge in [-0.05, 0) is 45.2 Å². The van der Waals surface area contributed by atoms with Crippen molar-refractivity contribution in [2.24, 2.45) is 0 Å². The zero-order chi connectivity index (χ0) is 25.0. The Hall–Kier alpha value is -2.37. The molecule has 1 unspecified atom stereocenters. The molecule has 1 aromatic carbocycles. The van der Waals surface area contributed by atoms with E-state index in [2.05, 4.69) is 19.9 Å². The highest BCUT2D eigenvalue weighted by molar-refractivity contribution is 6.33. The first kappa shape index (κ1) is 22.8. The first-order valence-corrected chi connectivity index (χ1v) is 12.7. The van der Waals surface area contributed by atoms with E-state index in [1.165, 1.54) is 12.3 Å². The number of hydrogen-bond acceptors (Lipinski definition) is 8. The fraction of sp³-hybridized carbons (Fsp3) is 0.560. The molecule has 0 spiro atoms. The third kappa shape index (κ3) is 3.24. The molecule has 5 fully saturated rings. The zero-order valence-electron chi connectivity index (χ0n) is 19.9. The number of nitrogens with zero attached hydrogens (tertiary/aromatic N) is 4. The van der Waals surface area contributed by atoms with Crippen molar-refractivity contribution in [2.45, 2.75) is 81.1 Å². The Kier molecular flexibility index (Phi) is 4.80. The standard InChI is InChI=1S/C25H27ClFN5O4/c1-11(2)32-16-4-12(3-14(27)20(16)30-22(32)24-8-25(34,9-24)10-24)19-13(26)6-28-23(31-19)29-15-5-18-35-7-17(36-18)21(15)33/h3-4,6,11,15,17-18,21,33-34H,5,7-10H2,1-2H3,(H,28,29,31)/t15?,17-,18-,21-,24?,25?/m0/s1. The number of benzene rings is 1. The summed E-state index contributed by atoms with van der Waals surface area (Å²) in [6.07, 6.45) is 2.40. The maximum Gasteiger partial charge on any atom is 0.223 e. The van der Waals surface area contributed by atoms with Crippen molar-refractivity contribution in [3.8, 4) is 11.3 Å². The second-order valence-electron chi connectivity index (χ2n) is 11.1. The predicted molar refractivity (Wildman–Crippen MR) is 129 cm³/mol. The van der Waals surface area contributed by atoms with E-state index in [-0.39, 0.29) is 34.8 Å². The van der Waals surface area contributed by atoms with Crippen molar-refractivity contribution in [1.82, 2.24) is 19.5 Å². The average molecular weight is 516 g/mol. The summed E-state index contributed by atoms with van der Waals surface area (Å²) in [4.78, 5) is 13.6. The van der Waals surface area contributed by atoms with Crippen LogP contribution >= 0.6 is 11.6 Å². The van der Waals surface area contributed by atoms with Crippen LogP contribution in [-0.4, -0.2) is 66.5 Å². The predicted octanol–water partition coefficient (Wildman–Crippen LogP) is 3.32. The first-order valence-electron chi connectivity index (χ1n) is 12.3. The van der Waals surface area contributed by atoms with Gasteiger partial charge in [0.05, 0.1) is 40.7 Å². The number of nitrogens with one attached hydrogen (secondary N) is 1. The highest BCUT2D eigenvalue weighted by Crippen LogP contribution is 2.67. The van der Waals surface area contributed by atoms with Crippen molar-refractivity contribution >= 4 is 28.6 Å². The number of halogens is 2. The molecule has 0 radical (unpaired) electrons. The lowest BCUT2D eigenvalue weighted by Gasteiger charge is -2.67. The Bertz CT molecular complexity index is 1380. The van der Waals surface area contributed by atoms with Gasteiger partial charge in [-0.25, -0.2) is 19.3 Å². The third-order valence-corrected chi connectivity index (χ3v) is 8.36. The van der Waals surface area contributed by atoms with Crippen LogP contribution < -0.4 is 5.32 Å². The van der Waals surface area contributed by atoms with E-state index < -0.39 is 23.6 Å². The Morgan fingerprint density at radius 1 is 1.25 bits per heavy atom. The van der Waals surface area contributed by atoms with E-state index in [4.69, 9.17) is 26.1 Å². The number of hydrogen-bond donors (Lipinski definition) is 3. The molecule has 9 nitrogen and oxygen atoms in total. The maximum absolute atomic E-state index is 15.4. The summed E-state index contributed by atoms with van der Waals surface area (Å²) in [5.41, 5.74) is 1.12. The van der Waals surface area contributed by atoms with Crippen LogP contribution in [0.5, 0.6) is 0 Å². The van der Waals surface area contributed by atoms with Crippen molar-refractivity contribution < 1.29 is 24.1 Å². The van der Waals surface area contributed by atoms with E-state index >= 15 is 4.39 Å². The maximum atomic E-state index is 15.4. The Labute approximate surface area is 211 Å². The fourth-order valence-corrected chi connectivity index (χ4v) is 6.69. The molecule has 36 heavy (non-hydrogen) atoms. The monoisotopic (exact) mass is 515 g/mol. The number of aliphatic hydroxyl groups excluding tert-OH is 1. The van der Waals surface area contributed by atoms with Crippen LogP contribution in [0, 0.1) is 5.82 Å². The van der Waals surface area contributed by atoms with Gasteiger partial charge in [0.2, 0.25) is 5.95 Å². The molecule has 2 aromatic heterocycles. The van der Waals surface area contributed by atoms with Gasteiger partial charge >= 0.3 is 0 Å². The van der Waals surface area contributed by atoms with Crippen LogP contribution in [0.2, 0.25) is 5.02 Å². The fourth-order valence-electron chi connectivity index (χ4n) is 6.49. The molecule has 0 amide bonds. The molecule has 3 aliphatic carbocycles. The van der Waals surface area contributed by atoms with Gasteiger partial charge in [0.15, 0.2) is 12.1 Å². The molecule has 4 heterocycles. The Morgan fingerprint density at radius 2 is 2.03 bits per heavy atom. The first-order chi connectivity index (χ1) is 17.1. The smallest absolute Gasteiger partial charge is 0.223 e. The lowest BCUT2D eigenvalue weighted by molar-refractivity contribution is -0.217. The molecule has 2 saturated heterocycles. The van der Waals surface area contributed by atoms with E-state index in [0.717, 1.165) is 5.82 Å². The minimum absolute atomic E-state index is 0.0500. The lowest BCUT2D eigenvalue weighted by Crippen LogP contribution is -2.70. The molecule has 3 aromatic rings. The SMILES string of the molecule is CC(C)n1c(C23CC(O)(C2)C3)nc2c(F)cc(-c3nc(NC4C[C@H]5OC[C@H](O5)[C@H]4O)ncc3Cl)cc21. The molecular weight excluding hydrogens is 489 g/mol. The lowest BCUT2D eigenvalue weighted by atomic mass is 9.41. The van der Waals surface area contributed by atoms with Gasteiger partial charge in [0.1, 0.15) is 23.5 Å². The number of aromatic nitrogens is 4. The molecule has 3 N–H and O–H groups in total. The number of rotatable bonds is 5. The zero-order valence-corrected chi connectivity index (χ0v) is 20.7. The number of ether oxygens (including phenoxy) is 2. The summed E-state index contributed by atoms with van der Waals surface area (Å²) >= 11 is 6.48. The van der Waals surface area contributed by atoms with Gasteiger partial charge in [-0.2, -0.15) is 0 Å². The molecule has 4 atom stereocenters. The Morgan fingerprint density at radius 3 is 2.75 bits per heavy atom. The number of aliphatic hydroxyl groups is 2. The second-order valence-corrected chi connectivity index (χ2v) is 11.5. The molecule has 8 rings (SSSR count). The normalized spacial score (nSPS) is 34.6. The molecule has 5 aliphatic rings. The van der Waals surface area contributed by atoms with Crippen molar-refractivity contribution in [3.05, 3.63) is 35.0 Å². The highest BCUT2D eigenvalue weighted by atomic mass is 35.5. The quantitative estimate of drug-likeness (QED) is 0.474. The molecule has 3 saturated carbocycles. The number of anilines is 1. The summed E-state index contributed by atoms with van der Waals surface area (Å²) < 4.78 is 28.6. The molecule has 190 valence electrons. The summed E-state index contributed by atoms with van der Waals surface area (Å²) in [5.74, 6) is 0.660. The molecule has 2 aliphatic heterocycles. The summed E-state index contributed by atoms with van der Waals surface area (Å²) in [7, 11) is 0.